The second kappa shape index (κ2) is 6.37. The molecule has 0 bridgehead atoms. The predicted molar refractivity (Wildman–Crippen MR) is 82.0 cm³/mol. The van der Waals surface area contributed by atoms with Crippen LogP contribution >= 0.6 is 0 Å². The van der Waals surface area contributed by atoms with Crippen LogP contribution in [0, 0.1) is 11.3 Å². The zero-order chi connectivity index (χ0) is 15.5. The van der Waals surface area contributed by atoms with Crippen molar-refractivity contribution in [2.75, 3.05) is 0 Å². The molecule has 1 amide bonds. The van der Waals surface area contributed by atoms with Crippen molar-refractivity contribution in [1.29, 1.82) is 0 Å². The Bertz CT molecular complexity index is 397. The minimum Gasteiger partial charge on any atom is -0.481 e. The van der Waals surface area contributed by atoms with Crippen molar-refractivity contribution in [3.05, 3.63) is 0 Å². The number of aliphatic carboxylic acids is 1. The summed E-state index contributed by atoms with van der Waals surface area (Å²) in [5, 5.41) is 12.4. The van der Waals surface area contributed by atoms with E-state index in [1.807, 2.05) is 0 Å². The predicted octanol–water partition coefficient (Wildman–Crippen LogP) is 3.50. The molecule has 0 radical (unpaired) electrons. The first-order chi connectivity index (χ1) is 9.85. The first-order valence-corrected chi connectivity index (χ1v) is 8.39. The minimum atomic E-state index is -0.805. The van der Waals surface area contributed by atoms with E-state index in [0.29, 0.717) is 0 Å². The van der Waals surface area contributed by atoms with Gasteiger partial charge in [0, 0.05) is 5.92 Å². The molecule has 2 rings (SSSR count). The molecule has 1 atom stereocenters. The Hall–Kier alpha value is -1.06. The number of amides is 1. The van der Waals surface area contributed by atoms with Crippen molar-refractivity contribution in [1.82, 2.24) is 5.32 Å². The fourth-order valence-electron chi connectivity index (χ4n) is 4.19. The fourth-order valence-corrected chi connectivity index (χ4v) is 4.19. The van der Waals surface area contributed by atoms with Gasteiger partial charge in [-0.25, -0.2) is 0 Å². The number of carbonyl (C=O) groups excluding carboxylic acids is 1. The van der Waals surface area contributed by atoms with E-state index in [9.17, 15) is 14.7 Å². The monoisotopic (exact) mass is 295 g/mol. The number of carboxylic acids is 1. The van der Waals surface area contributed by atoms with Crippen molar-refractivity contribution in [2.24, 2.45) is 11.3 Å². The van der Waals surface area contributed by atoms with Crippen LogP contribution < -0.4 is 5.32 Å². The summed E-state index contributed by atoms with van der Waals surface area (Å²) in [6, 6.07) is 0. The zero-order valence-corrected chi connectivity index (χ0v) is 13.4. The highest BCUT2D eigenvalue weighted by Crippen LogP contribution is 2.41. The van der Waals surface area contributed by atoms with Crippen molar-refractivity contribution in [3.8, 4) is 0 Å². The maximum Gasteiger partial charge on any atom is 0.305 e. The number of carboxylic acid groups (broad SMARTS) is 1. The first kappa shape index (κ1) is 16.3. The van der Waals surface area contributed by atoms with Crippen LogP contribution in [0.25, 0.3) is 0 Å². The van der Waals surface area contributed by atoms with Gasteiger partial charge in [0.05, 0.1) is 12.0 Å². The van der Waals surface area contributed by atoms with E-state index in [1.54, 1.807) is 0 Å². The van der Waals surface area contributed by atoms with Gasteiger partial charge in [-0.05, 0) is 31.1 Å². The topological polar surface area (TPSA) is 66.4 Å². The second-order valence-corrected chi connectivity index (χ2v) is 7.69. The number of carbonyl (C=O) groups is 2. The molecule has 4 heteroatoms. The summed E-state index contributed by atoms with van der Waals surface area (Å²) in [4.78, 5) is 24.0. The molecule has 0 spiro atoms. The standard InChI is InChI=1S/C17H29NO3/c1-16(2)9-7-4-8-13(16)15(21)18-17(12-14(19)20)10-5-3-6-11-17/h13H,3-12H2,1-2H3,(H,18,21)(H,19,20). The highest BCUT2D eigenvalue weighted by Gasteiger charge is 2.42. The van der Waals surface area contributed by atoms with E-state index < -0.39 is 11.5 Å². The largest absolute Gasteiger partial charge is 0.481 e. The third kappa shape index (κ3) is 3.98. The number of rotatable bonds is 4. The Morgan fingerprint density at radius 1 is 1.05 bits per heavy atom. The molecule has 0 aliphatic heterocycles. The molecule has 2 fully saturated rings. The number of hydrogen-bond donors (Lipinski definition) is 2. The van der Waals surface area contributed by atoms with Gasteiger partial charge in [-0.2, -0.15) is 0 Å². The summed E-state index contributed by atoms with van der Waals surface area (Å²) in [7, 11) is 0. The van der Waals surface area contributed by atoms with Gasteiger partial charge in [-0.15, -0.1) is 0 Å². The van der Waals surface area contributed by atoms with Gasteiger partial charge in [0.15, 0.2) is 0 Å². The lowest BCUT2D eigenvalue weighted by atomic mass is 9.68. The normalized spacial score (nSPS) is 27.8. The van der Waals surface area contributed by atoms with Crippen molar-refractivity contribution < 1.29 is 14.7 Å². The number of hydrogen-bond acceptors (Lipinski definition) is 2. The Balaban J connectivity index is 2.08. The highest BCUT2D eigenvalue weighted by atomic mass is 16.4. The van der Waals surface area contributed by atoms with Gasteiger partial charge in [0.2, 0.25) is 5.91 Å². The SMILES string of the molecule is CC1(C)CCCCC1C(=O)NC1(CC(=O)O)CCCCC1. The van der Waals surface area contributed by atoms with E-state index in [2.05, 4.69) is 19.2 Å². The van der Waals surface area contributed by atoms with Crippen LogP contribution in [0.15, 0.2) is 0 Å². The Labute approximate surface area is 127 Å². The molecule has 2 saturated carbocycles. The minimum absolute atomic E-state index is 0.0267. The molecule has 0 aromatic carbocycles. The molecule has 0 heterocycles. The van der Waals surface area contributed by atoms with Crippen molar-refractivity contribution >= 4 is 11.9 Å². The Kier molecular flexibility index (Phi) is 4.95. The van der Waals surface area contributed by atoms with Crippen molar-refractivity contribution in [2.45, 2.75) is 83.6 Å². The molecule has 0 aromatic heterocycles. The molecule has 120 valence electrons. The molecule has 1 unspecified atom stereocenters. The molecule has 4 nitrogen and oxygen atoms in total. The van der Waals surface area contributed by atoms with E-state index in [-0.39, 0.29) is 23.7 Å². The molecular formula is C17H29NO3. The summed E-state index contributed by atoms with van der Waals surface area (Å²) in [5.74, 6) is -0.693. The van der Waals surface area contributed by atoms with Gasteiger partial charge in [-0.1, -0.05) is 46.0 Å². The zero-order valence-electron chi connectivity index (χ0n) is 13.4. The summed E-state index contributed by atoms with van der Waals surface area (Å²) in [6.45, 7) is 4.34. The maximum absolute atomic E-state index is 12.8. The maximum atomic E-state index is 12.8. The van der Waals surface area contributed by atoms with Crippen LogP contribution in [0.3, 0.4) is 0 Å². The number of nitrogens with one attached hydrogen (secondary N) is 1. The molecule has 0 aromatic rings. The second-order valence-electron chi connectivity index (χ2n) is 7.69. The molecule has 21 heavy (non-hydrogen) atoms. The highest BCUT2D eigenvalue weighted by molar-refractivity contribution is 5.81. The van der Waals surface area contributed by atoms with Gasteiger partial charge in [0.25, 0.3) is 0 Å². The van der Waals surface area contributed by atoms with Crippen LogP contribution in [0.5, 0.6) is 0 Å². The quantitative estimate of drug-likeness (QED) is 0.834. The summed E-state index contributed by atoms with van der Waals surface area (Å²) in [5.41, 5.74) is -0.476. The van der Waals surface area contributed by atoms with Crippen LogP contribution in [0.2, 0.25) is 0 Å². The summed E-state index contributed by atoms with van der Waals surface area (Å²) in [6.07, 6.45) is 9.15. The van der Waals surface area contributed by atoms with Gasteiger partial charge in [-0.3, -0.25) is 9.59 Å². The van der Waals surface area contributed by atoms with E-state index in [1.165, 1.54) is 6.42 Å². The molecular weight excluding hydrogens is 266 g/mol. The van der Waals surface area contributed by atoms with Gasteiger partial charge >= 0.3 is 5.97 Å². The first-order valence-electron chi connectivity index (χ1n) is 8.39. The Morgan fingerprint density at radius 3 is 2.24 bits per heavy atom. The average molecular weight is 295 g/mol. The molecule has 0 saturated heterocycles. The average Bonchev–Trinajstić information content (AvgIpc) is 2.37. The van der Waals surface area contributed by atoms with Crippen LogP contribution in [-0.2, 0) is 9.59 Å². The van der Waals surface area contributed by atoms with Crippen molar-refractivity contribution in [3.63, 3.8) is 0 Å². The lowest BCUT2D eigenvalue weighted by Gasteiger charge is -2.42. The van der Waals surface area contributed by atoms with E-state index >= 15 is 0 Å². The summed E-state index contributed by atoms with van der Waals surface area (Å²) < 4.78 is 0. The van der Waals surface area contributed by atoms with E-state index in [4.69, 9.17) is 0 Å². The van der Waals surface area contributed by atoms with Crippen LogP contribution in [0.1, 0.15) is 78.1 Å². The lowest BCUT2D eigenvalue weighted by Crippen LogP contribution is -2.54. The molecule has 2 N–H and O–H groups in total. The van der Waals surface area contributed by atoms with Gasteiger partial charge in [0.1, 0.15) is 0 Å². The third-order valence-corrected chi connectivity index (χ3v) is 5.51. The molecule has 2 aliphatic rings. The van der Waals surface area contributed by atoms with Crippen LogP contribution in [-0.4, -0.2) is 22.5 Å². The molecule has 2 aliphatic carbocycles. The van der Waals surface area contributed by atoms with Gasteiger partial charge < -0.3 is 10.4 Å². The summed E-state index contributed by atoms with van der Waals surface area (Å²) >= 11 is 0. The van der Waals surface area contributed by atoms with Crippen LogP contribution in [0.4, 0.5) is 0 Å². The third-order valence-electron chi connectivity index (χ3n) is 5.51. The lowest BCUT2D eigenvalue weighted by molar-refractivity contribution is -0.140. The fraction of sp³-hybridized carbons (Fsp3) is 0.882. The van der Waals surface area contributed by atoms with E-state index in [0.717, 1.165) is 51.4 Å². The smallest absolute Gasteiger partial charge is 0.305 e. The Morgan fingerprint density at radius 2 is 1.67 bits per heavy atom.